The van der Waals surface area contributed by atoms with Gasteiger partial charge in [0.25, 0.3) is 0 Å². The predicted molar refractivity (Wildman–Crippen MR) is 110 cm³/mol. The zero-order chi connectivity index (χ0) is 20.8. The first-order valence-corrected chi connectivity index (χ1v) is 10.3. The minimum absolute atomic E-state index is 0.210. The van der Waals surface area contributed by atoms with E-state index in [1.165, 1.54) is 12.1 Å². The van der Waals surface area contributed by atoms with Crippen LogP contribution in [-0.2, 0) is 6.42 Å². The van der Waals surface area contributed by atoms with Crippen molar-refractivity contribution in [3.63, 3.8) is 0 Å². The molecule has 6 nitrogen and oxygen atoms in total. The number of ether oxygens (including phenoxy) is 3. The number of unbranched alkanes of at least 4 members (excludes halogenated alkanes) is 2. The van der Waals surface area contributed by atoms with Crippen molar-refractivity contribution in [1.82, 2.24) is 0 Å². The second-order valence-corrected chi connectivity index (χ2v) is 7.36. The lowest BCUT2D eigenvalue weighted by atomic mass is 9.94. The van der Waals surface area contributed by atoms with Gasteiger partial charge in [0.15, 0.2) is 11.5 Å². The Hall–Kier alpha value is -2.60. The van der Waals surface area contributed by atoms with Crippen LogP contribution in [0.25, 0.3) is 0 Å². The molecule has 1 aliphatic rings. The summed E-state index contributed by atoms with van der Waals surface area (Å²) in [7, 11) is 0. The third-order valence-corrected chi connectivity index (χ3v) is 5.01. The van der Waals surface area contributed by atoms with Crippen LogP contribution in [0.1, 0.15) is 56.8 Å². The lowest BCUT2D eigenvalue weighted by molar-refractivity contribution is 0.0194. The summed E-state index contributed by atoms with van der Waals surface area (Å²) in [6, 6.07) is 8.13. The molecule has 6 heteroatoms. The van der Waals surface area contributed by atoms with Crippen LogP contribution >= 0.6 is 0 Å². The van der Waals surface area contributed by atoms with E-state index in [0.717, 1.165) is 31.2 Å². The predicted octanol–water partition coefficient (Wildman–Crippen LogP) is 4.49. The van der Waals surface area contributed by atoms with Crippen molar-refractivity contribution < 1.29 is 29.5 Å². The number of phenolic OH excluding ortho intramolecular Hbond substituents is 2. The summed E-state index contributed by atoms with van der Waals surface area (Å²) in [6.45, 7) is 5.42. The number of aromatic hydroxyl groups is 2. The number of rotatable bonds is 9. The van der Waals surface area contributed by atoms with Crippen LogP contribution in [0, 0.1) is 0 Å². The smallest absolute Gasteiger partial charge is 0.157 e. The maximum Gasteiger partial charge on any atom is 0.157 e. The molecule has 0 saturated heterocycles. The Bertz CT molecular complexity index is 819. The Labute approximate surface area is 171 Å². The highest BCUT2D eigenvalue weighted by atomic mass is 16.5. The summed E-state index contributed by atoms with van der Waals surface area (Å²) >= 11 is 0. The van der Waals surface area contributed by atoms with Crippen molar-refractivity contribution in [2.24, 2.45) is 0 Å². The van der Waals surface area contributed by atoms with E-state index >= 15 is 0 Å². The lowest BCUT2D eigenvalue weighted by Crippen LogP contribution is -2.30. The SMILES string of the molecule is CCCCOc1cc(OCCCC)c2c(c1)OC(c1ccc(O)c(O)c1)C(O)C2. The molecule has 3 N–H and O–H groups in total. The number of phenols is 2. The van der Waals surface area contributed by atoms with Crippen molar-refractivity contribution in [1.29, 1.82) is 0 Å². The number of fused-ring (bicyclic) bond motifs is 1. The maximum absolute atomic E-state index is 10.7. The van der Waals surface area contributed by atoms with Crippen molar-refractivity contribution in [3.8, 4) is 28.7 Å². The summed E-state index contributed by atoms with van der Waals surface area (Å²) in [5.74, 6) is 1.50. The Kier molecular flexibility index (Phi) is 7.09. The van der Waals surface area contributed by atoms with Gasteiger partial charge in [-0.25, -0.2) is 0 Å². The van der Waals surface area contributed by atoms with E-state index in [1.54, 1.807) is 6.07 Å². The van der Waals surface area contributed by atoms with Gasteiger partial charge in [-0.05, 0) is 30.5 Å². The number of hydrogen-bond acceptors (Lipinski definition) is 6. The van der Waals surface area contributed by atoms with Gasteiger partial charge < -0.3 is 29.5 Å². The van der Waals surface area contributed by atoms with Crippen LogP contribution in [-0.4, -0.2) is 34.6 Å². The molecule has 3 rings (SSSR count). The molecule has 0 saturated carbocycles. The van der Waals surface area contributed by atoms with Gasteiger partial charge in [-0.3, -0.25) is 0 Å². The molecule has 2 unspecified atom stereocenters. The third-order valence-electron chi connectivity index (χ3n) is 5.01. The topological polar surface area (TPSA) is 88.4 Å². The highest BCUT2D eigenvalue weighted by molar-refractivity contribution is 5.53. The Morgan fingerprint density at radius 2 is 1.69 bits per heavy atom. The van der Waals surface area contributed by atoms with Crippen LogP contribution in [0.3, 0.4) is 0 Å². The molecular weight excluding hydrogens is 372 g/mol. The summed E-state index contributed by atoms with van der Waals surface area (Å²) in [5, 5.41) is 30.1. The summed E-state index contributed by atoms with van der Waals surface area (Å²) in [5.41, 5.74) is 1.40. The molecule has 0 radical (unpaired) electrons. The molecule has 0 aromatic heterocycles. The molecule has 2 aromatic carbocycles. The van der Waals surface area contributed by atoms with Crippen molar-refractivity contribution >= 4 is 0 Å². The van der Waals surface area contributed by atoms with Crippen molar-refractivity contribution in [2.45, 2.75) is 58.2 Å². The number of benzene rings is 2. The highest BCUT2D eigenvalue weighted by Gasteiger charge is 2.33. The van der Waals surface area contributed by atoms with Gasteiger partial charge in [-0.1, -0.05) is 32.8 Å². The Morgan fingerprint density at radius 1 is 0.966 bits per heavy atom. The van der Waals surface area contributed by atoms with E-state index < -0.39 is 12.2 Å². The van der Waals surface area contributed by atoms with E-state index in [4.69, 9.17) is 14.2 Å². The quantitative estimate of drug-likeness (QED) is 0.423. The first kappa shape index (κ1) is 21.1. The van der Waals surface area contributed by atoms with Crippen LogP contribution in [0.5, 0.6) is 28.7 Å². The van der Waals surface area contributed by atoms with Gasteiger partial charge in [0.1, 0.15) is 23.4 Å². The van der Waals surface area contributed by atoms with E-state index in [2.05, 4.69) is 13.8 Å². The second kappa shape index (κ2) is 9.74. The van der Waals surface area contributed by atoms with Crippen LogP contribution in [0.2, 0.25) is 0 Å². The molecule has 0 aliphatic carbocycles. The molecule has 0 bridgehead atoms. The van der Waals surface area contributed by atoms with Gasteiger partial charge in [0.05, 0.1) is 19.3 Å². The van der Waals surface area contributed by atoms with E-state index in [1.807, 2.05) is 12.1 Å². The minimum Gasteiger partial charge on any atom is -0.504 e. The third kappa shape index (κ3) is 5.07. The van der Waals surface area contributed by atoms with Gasteiger partial charge in [-0.2, -0.15) is 0 Å². The molecule has 29 heavy (non-hydrogen) atoms. The maximum atomic E-state index is 10.7. The Morgan fingerprint density at radius 3 is 2.38 bits per heavy atom. The van der Waals surface area contributed by atoms with Crippen LogP contribution < -0.4 is 14.2 Å². The summed E-state index contributed by atoms with van der Waals surface area (Å²) in [4.78, 5) is 0. The standard InChI is InChI=1S/C23H30O6/c1-3-5-9-27-16-12-21(28-10-6-4-2)17-14-20(26)23(29-22(17)13-16)15-7-8-18(24)19(25)11-15/h7-8,11-13,20,23-26H,3-6,9-10,14H2,1-2H3. The monoisotopic (exact) mass is 402 g/mol. The Balaban J connectivity index is 1.89. The number of aliphatic hydroxyl groups is 1. The lowest BCUT2D eigenvalue weighted by Gasteiger charge is -2.32. The number of hydrogen-bond donors (Lipinski definition) is 3. The second-order valence-electron chi connectivity index (χ2n) is 7.36. The van der Waals surface area contributed by atoms with E-state index in [0.29, 0.717) is 42.4 Å². The van der Waals surface area contributed by atoms with Gasteiger partial charge >= 0.3 is 0 Å². The largest absolute Gasteiger partial charge is 0.504 e. The normalized spacial score (nSPS) is 18.0. The van der Waals surface area contributed by atoms with Crippen LogP contribution in [0.15, 0.2) is 30.3 Å². The van der Waals surface area contributed by atoms with Gasteiger partial charge in [-0.15, -0.1) is 0 Å². The van der Waals surface area contributed by atoms with Gasteiger partial charge in [0, 0.05) is 24.1 Å². The molecular formula is C23H30O6. The molecule has 0 spiro atoms. The summed E-state index contributed by atoms with van der Waals surface area (Å²) in [6.07, 6.45) is 2.85. The minimum atomic E-state index is -0.813. The zero-order valence-corrected chi connectivity index (χ0v) is 17.1. The first-order chi connectivity index (χ1) is 14.0. The van der Waals surface area contributed by atoms with E-state index in [9.17, 15) is 15.3 Å². The average Bonchev–Trinajstić information content (AvgIpc) is 2.70. The summed E-state index contributed by atoms with van der Waals surface area (Å²) < 4.78 is 18.0. The highest BCUT2D eigenvalue weighted by Crippen LogP contribution is 2.43. The van der Waals surface area contributed by atoms with Gasteiger partial charge in [0.2, 0.25) is 0 Å². The fourth-order valence-corrected chi connectivity index (χ4v) is 3.31. The first-order valence-electron chi connectivity index (χ1n) is 10.3. The fraction of sp³-hybridized carbons (Fsp3) is 0.478. The molecule has 158 valence electrons. The molecule has 2 aromatic rings. The molecule has 1 heterocycles. The average molecular weight is 402 g/mol. The van der Waals surface area contributed by atoms with E-state index in [-0.39, 0.29) is 11.5 Å². The van der Waals surface area contributed by atoms with Crippen LogP contribution in [0.4, 0.5) is 0 Å². The molecule has 0 fully saturated rings. The number of aliphatic hydroxyl groups excluding tert-OH is 1. The molecule has 1 aliphatic heterocycles. The van der Waals surface area contributed by atoms with Crippen molar-refractivity contribution in [3.05, 3.63) is 41.5 Å². The zero-order valence-electron chi connectivity index (χ0n) is 17.1. The van der Waals surface area contributed by atoms with Crippen molar-refractivity contribution in [2.75, 3.05) is 13.2 Å². The molecule has 0 amide bonds. The molecule has 2 atom stereocenters. The fourth-order valence-electron chi connectivity index (χ4n) is 3.31.